The monoisotopic (exact) mass is 247 g/mol. The lowest BCUT2D eigenvalue weighted by Gasteiger charge is -2.18. The van der Waals surface area contributed by atoms with Crippen molar-refractivity contribution < 1.29 is 4.74 Å². The molecule has 3 heteroatoms. The Morgan fingerprint density at radius 3 is 2.76 bits per heavy atom. The Kier molecular flexibility index (Phi) is 3.69. The molecule has 2 aromatic rings. The highest BCUT2D eigenvalue weighted by molar-refractivity contribution is 7.08. The van der Waals surface area contributed by atoms with Crippen LogP contribution < -0.4 is 10.1 Å². The number of nitrogens with one attached hydrogen (secondary N) is 1. The summed E-state index contributed by atoms with van der Waals surface area (Å²) in [7, 11) is 1.72. The van der Waals surface area contributed by atoms with Crippen molar-refractivity contribution in [2.75, 3.05) is 12.4 Å². The fourth-order valence-electron chi connectivity index (χ4n) is 1.85. The molecular formula is C14H17NOS. The van der Waals surface area contributed by atoms with Gasteiger partial charge in [0.25, 0.3) is 0 Å². The molecule has 1 atom stereocenters. The third-order valence-electron chi connectivity index (χ3n) is 2.76. The van der Waals surface area contributed by atoms with E-state index in [0.717, 1.165) is 11.4 Å². The van der Waals surface area contributed by atoms with Gasteiger partial charge in [0, 0.05) is 16.6 Å². The van der Waals surface area contributed by atoms with Gasteiger partial charge < -0.3 is 10.1 Å². The van der Waals surface area contributed by atoms with Crippen molar-refractivity contribution >= 4 is 17.0 Å². The SMILES string of the molecule is COc1cc(C)ccc1C(C)Nc1ccsc1. The number of thiophene rings is 1. The molecule has 0 radical (unpaired) electrons. The Bertz CT molecular complexity index is 479. The molecule has 0 fully saturated rings. The van der Waals surface area contributed by atoms with Crippen LogP contribution in [0.4, 0.5) is 5.69 Å². The summed E-state index contributed by atoms with van der Waals surface area (Å²) in [4.78, 5) is 0. The summed E-state index contributed by atoms with van der Waals surface area (Å²) in [5.41, 5.74) is 3.56. The van der Waals surface area contributed by atoms with Gasteiger partial charge in [0.2, 0.25) is 0 Å². The van der Waals surface area contributed by atoms with E-state index in [4.69, 9.17) is 4.74 Å². The first-order valence-electron chi connectivity index (χ1n) is 5.64. The summed E-state index contributed by atoms with van der Waals surface area (Å²) in [6, 6.07) is 8.63. The molecule has 2 rings (SSSR count). The number of hydrogen-bond donors (Lipinski definition) is 1. The van der Waals surface area contributed by atoms with Crippen LogP contribution in [-0.4, -0.2) is 7.11 Å². The van der Waals surface area contributed by atoms with Crippen LogP contribution in [0.25, 0.3) is 0 Å². The van der Waals surface area contributed by atoms with Crippen molar-refractivity contribution in [3.05, 3.63) is 46.2 Å². The van der Waals surface area contributed by atoms with Gasteiger partial charge in [-0.1, -0.05) is 12.1 Å². The third kappa shape index (κ3) is 2.80. The van der Waals surface area contributed by atoms with Crippen molar-refractivity contribution in [3.8, 4) is 5.75 Å². The summed E-state index contributed by atoms with van der Waals surface area (Å²) in [5.74, 6) is 0.945. The lowest BCUT2D eigenvalue weighted by atomic mass is 10.0. The van der Waals surface area contributed by atoms with Crippen LogP contribution in [0, 0.1) is 6.92 Å². The van der Waals surface area contributed by atoms with Crippen LogP contribution >= 0.6 is 11.3 Å². The van der Waals surface area contributed by atoms with Crippen molar-refractivity contribution in [2.45, 2.75) is 19.9 Å². The number of aryl methyl sites for hydroxylation is 1. The van der Waals surface area contributed by atoms with Crippen LogP contribution in [0.2, 0.25) is 0 Å². The van der Waals surface area contributed by atoms with E-state index in [1.165, 1.54) is 11.1 Å². The predicted molar refractivity (Wildman–Crippen MR) is 74.1 cm³/mol. The second kappa shape index (κ2) is 5.23. The first-order valence-corrected chi connectivity index (χ1v) is 6.58. The molecule has 0 aliphatic heterocycles. The van der Waals surface area contributed by atoms with E-state index < -0.39 is 0 Å². The highest BCUT2D eigenvalue weighted by atomic mass is 32.1. The molecule has 1 aromatic heterocycles. The third-order valence-corrected chi connectivity index (χ3v) is 3.44. The molecular weight excluding hydrogens is 230 g/mol. The standard InChI is InChI=1S/C14H17NOS/c1-10-4-5-13(14(8-10)16-3)11(2)15-12-6-7-17-9-12/h4-9,11,15H,1-3H3. The highest BCUT2D eigenvalue weighted by Crippen LogP contribution is 2.29. The molecule has 0 saturated carbocycles. The molecule has 0 spiro atoms. The Labute approximate surface area is 106 Å². The molecule has 1 unspecified atom stereocenters. The number of ether oxygens (including phenoxy) is 1. The zero-order valence-electron chi connectivity index (χ0n) is 10.4. The van der Waals surface area contributed by atoms with E-state index in [0.29, 0.717) is 0 Å². The van der Waals surface area contributed by atoms with Gasteiger partial charge in [-0.3, -0.25) is 0 Å². The number of benzene rings is 1. The molecule has 17 heavy (non-hydrogen) atoms. The smallest absolute Gasteiger partial charge is 0.124 e. The Balaban J connectivity index is 2.21. The van der Waals surface area contributed by atoms with Gasteiger partial charge >= 0.3 is 0 Å². The summed E-state index contributed by atoms with van der Waals surface area (Å²) in [6.07, 6.45) is 0. The van der Waals surface area contributed by atoms with Crippen molar-refractivity contribution in [3.63, 3.8) is 0 Å². The summed E-state index contributed by atoms with van der Waals surface area (Å²) >= 11 is 1.70. The van der Waals surface area contributed by atoms with Gasteiger partial charge in [0.05, 0.1) is 13.2 Å². The van der Waals surface area contributed by atoms with Gasteiger partial charge in [-0.15, -0.1) is 0 Å². The quantitative estimate of drug-likeness (QED) is 0.872. The van der Waals surface area contributed by atoms with Crippen LogP contribution in [-0.2, 0) is 0 Å². The largest absolute Gasteiger partial charge is 0.496 e. The molecule has 0 aliphatic rings. The lowest BCUT2D eigenvalue weighted by Crippen LogP contribution is -2.07. The summed E-state index contributed by atoms with van der Waals surface area (Å²) in [5, 5.41) is 7.64. The Hall–Kier alpha value is -1.48. The maximum Gasteiger partial charge on any atom is 0.124 e. The van der Waals surface area contributed by atoms with Crippen LogP contribution in [0.1, 0.15) is 24.1 Å². The summed E-state index contributed by atoms with van der Waals surface area (Å²) in [6.45, 7) is 4.22. The molecule has 1 heterocycles. The van der Waals surface area contributed by atoms with Crippen LogP contribution in [0.5, 0.6) is 5.75 Å². The van der Waals surface area contributed by atoms with Gasteiger partial charge in [-0.25, -0.2) is 0 Å². The average molecular weight is 247 g/mol. The highest BCUT2D eigenvalue weighted by Gasteiger charge is 2.11. The van der Waals surface area contributed by atoms with Gasteiger partial charge in [-0.05, 0) is 36.9 Å². The van der Waals surface area contributed by atoms with Crippen LogP contribution in [0.15, 0.2) is 35.0 Å². The average Bonchev–Trinajstić information content (AvgIpc) is 2.81. The summed E-state index contributed by atoms with van der Waals surface area (Å²) < 4.78 is 5.43. The second-order valence-electron chi connectivity index (χ2n) is 4.12. The fraction of sp³-hybridized carbons (Fsp3) is 0.286. The molecule has 0 bridgehead atoms. The normalized spacial score (nSPS) is 12.2. The van der Waals surface area contributed by atoms with E-state index in [9.17, 15) is 0 Å². The first-order chi connectivity index (χ1) is 8.20. The predicted octanol–water partition coefficient (Wildman–Crippen LogP) is 4.24. The zero-order valence-corrected chi connectivity index (χ0v) is 11.2. The van der Waals surface area contributed by atoms with Gasteiger partial charge in [0.1, 0.15) is 5.75 Å². The minimum absolute atomic E-state index is 0.236. The minimum Gasteiger partial charge on any atom is -0.496 e. The van der Waals surface area contributed by atoms with E-state index in [1.807, 2.05) is 0 Å². The van der Waals surface area contributed by atoms with E-state index >= 15 is 0 Å². The van der Waals surface area contributed by atoms with Gasteiger partial charge in [0.15, 0.2) is 0 Å². The minimum atomic E-state index is 0.236. The molecule has 2 nitrogen and oxygen atoms in total. The number of methoxy groups -OCH3 is 1. The first kappa shape index (κ1) is 12.0. The maximum absolute atomic E-state index is 5.43. The molecule has 0 aliphatic carbocycles. The molecule has 0 saturated heterocycles. The van der Waals surface area contributed by atoms with E-state index in [2.05, 4.69) is 54.2 Å². The molecule has 0 amide bonds. The Morgan fingerprint density at radius 1 is 1.29 bits per heavy atom. The van der Waals surface area contributed by atoms with Crippen LogP contribution in [0.3, 0.4) is 0 Å². The number of anilines is 1. The van der Waals surface area contributed by atoms with E-state index in [-0.39, 0.29) is 6.04 Å². The van der Waals surface area contributed by atoms with E-state index in [1.54, 1.807) is 18.4 Å². The number of rotatable bonds is 4. The molecule has 90 valence electrons. The van der Waals surface area contributed by atoms with Crippen molar-refractivity contribution in [2.24, 2.45) is 0 Å². The second-order valence-corrected chi connectivity index (χ2v) is 4.90. The maximum atomic E-state index is 5.43. The zero-order chi connectivity index (χ0) is 12.3. The lowest BCUT2D eigenvalue weighted by molar-refractivity contribution is 0.407. The van der Waals surface area contributed by atoms with Gasteiger partial charge in [-0.2, -0.15) is 11.3 Å². The molecule has 1 N–H and O–H groups in total. The molecule has 1 aromatic carbocycles. The van der Waals surface area contributed by atoms with Crippen molar-refractivity contribution in [1.29, 1.82) is 0 Å². The van der Waals surface area contributed by atoms with Crippen molar-refractivity contribution in [1.82, 2.24) is 0 Å². The fourth-order valence-corrected chi connectivity index (χ4v) is 2.45. The topological polar surface area (TPSA) is 21.3 Å². The Morgan fingerprint density at radius 2 is 2.12 bits per heavy atom. The number of hydrogen-bond acceptors (Lipinski definition) is 3.